The Morgan fingerprint density at radius 3 is 0.882 bits per heavy atom. The molecule has 0 aliphatic carbocycles. The number of rotatable bonds is 27. The fourth-order valence-electron chi connectivity index (χ4n) is 5.19. The molecule has 0 heterocycles. The Morgan fingerprint density at radius 2 is 0.676 bits per heavy atom. The van der Waals surface area contributed by atoms with Crippen molar-refractivity contribution in [3.8, 4) is 0 Å². The molecule has 2 nitrogen and oxygen atoms in total. The van der Waals surface area contributed by atoms with Gasteiger partial charge in [0, 0.05) is 5.92 Å². The highest BCUT2D eigenvalue weighted by molar-refractivity contribution is 5.85. The maximum Gasteiger partial charge on any atom is 0.113 e. The van der Waals surface area contributed by atoms with Crippen LogP contribution in [0.1, 0.15) is 188 Å². The van der Waals surface area contributed by atoms with E-state index in [9.17, 15) is 5.11 Å². The highest BCUT2D eigenvalue weighted by atomic mass is 35.5. The minimum atomic E-state index is -1.00. The Morgan fingerprint density at radius 1 is 0.471 bits per heavy atom. The normalized spacial score (nSPS) is 13.2. The van der Waals surface area contributed by atoms with E-state index in [1.807, 2.05) is 6.92 Å². The van der Waals surface area contributed by atoms with Crippen molar-refractivity contribution in [3.05, 3.63) is 0 Å². The lowest BCUT2D eigenvalue weighted by Gasteiger charge is -2.29. The van der Waals surface area contributed by atoms with Gasteiger partial charge in [-0.15, -0.1) is 12.4 Å². The molecule has 0 aromatic heterocycles. The topological polar surface area (TPSA) is 46.2 Å². The van der Waals surface area contributed by atoms with Crippen LogP contribution in [0, 0.1) is 5.92 Å². The summed E-state index contributed by atoms with van der Waals surface area (Å²) < 4.78 is 0. The van der Waals surface area contributed by atoms with E-state index in [1.165, 1.54) is 154 Å². The van der Waals surface area contributed by atoms with Gasteiger partial charge in [0.1, 0.15) is 5.72 Å². The van der Waals surface area contributed by atoms with Gasteiger partial charge in [-0.3, -0.25) is 0 Å². The lowest BCUT2D eigenvalue weighted by Crippen LogP contribution is -2.44. The minimum absolute atomic E-state index is 0. The van der Waals surface area contributed by atoms with E-state index in [0.717, 1.165) is 12.8 Å². The van der Waals surface area contributed by atoms with Gasteiger partial charge in [0.25, 0.3) is 0 Å². The summed E-state index contributed by atoms with van der Waals surface area (Å²) in [4.78, 5) is 0. The fraction of sp³-hybridized carbons (Fsp3) is 1.00. The lowest BCUT2D eigenvalue weighted by molar-refractivity contribution is -0.00458. The average molecular weight is 504 g/mol. The predicted octanol–water partition coefficient (Wildman–Crippen LogP) is 10.9. The molecule has 208 valence electrons. The number of hydrogen-bond acceptors (Lipinski definition) is 2. The Balaban J connectivity index is 0. The van der Waals surface area contributed by atoms with Crippen LogP contribution in [0.2, 0.25) is 0 Å². The summed E-state index contributed by atoms with van der Waals surface area (Å²) in [6, 6.07) is 0. The van der Waals surface area contributed by atoms with E-state index in [4.69, 9.17) is 5.73 Å². The van der Waals surface area contributed by atoms with Crippen molar-refractivity contribution in [2.45, 2.75) is 193 Å². The lowest BCUT2D eigenvalue weighted by atomic mass is 9.86. The molecule has 0 fully saturated rings. The molecular formula is C31H66ClNO. The van der Waals surface area contributed by atoms with E-state index in [0.29, 0.717) is 0 Å². The van der Waals surface area contributed by atoms with Gasteiger partial charge in [-0.1, -0.05) is 168 Å². The first-order chi connectivity index (χ1) is 16.0. The average Bonchev–Trinajstić information content (AvgIpc) is 2.78. The molecule has 0 bridgehead atoms. The maximum atomic E-state index is 10.4. The molecule has 0 spiro atoms. The third-order valence-electron chi connectivity index (χ3n) is 7.64. The van der Waals surface area contributed by atoms with Crippen molar-refractivity contribution in [1.29, 1.82) is 0 Å². The largest absolute Gasteiger partial charge is 0.376 e. The van der Waals surface area contributed by atoms with Crippen LogP contribution >= 0.6 is 12.4 Å². The Kier molecular flexibility index (Phi) is 29.7. The summed E-state index contributed by atoms with van der Waals surface area (Å²) in [5.41, 5.74) is 5.11. The van der Waals surface area contributed by atoms with Crippen LogP contribution < -0.4 is 5.73 Å². The van der Waals surface area contributed by atoms with Crippen LogP contribution in [0.15, 0.2) is 0 Å². The predicted molar refractivity (Wildman–Crippen MR) is 157 cm³/mol. The Hall–Kier alpha value is 0.210. The third kappa shape index (κ3) is 26.8. The molecule has 34 heavy (non-hydrogen) atoms. The van der Waals surface area contributed by atoms with Crippen molar-refractivity contribution in [1.82, 2.24) is 0 Å². The number of aliphatic hydroxyl groups is 1. The van der Waals surface area contributed by atoms with Crippen LogP contribution in [0.25, 0.3) is 0 Å². The van der Waals surface area contributed by atoms with Crippen LogP contribution in [0.4, 0.5) is 0 Å². The summed E-state index contributed by atoms with van der Waals surface area (Å²) in [5.74, 6) is 0.267. The van der Waals surface area contributed by atoms with Gasteiger partial charge in [-0.2, -0.15) is 0 Å². The number of hydrogen-bond donors (Lipinski definition) is 2. The number of unbranched alkanes of at least 4 members (excludes halogenated alkanes) is 22. The van der Waals surface area contributed by atoms with E-state index in [-0.39, 0.29) is 18.3 Å². The summed E-state index contributed by atoms with van der Waals surface area (Å²) in [5, 5.41) is 10.4. The molecule has 0 radical (unpaired) electrons. The van der Waals surface area contributed by atoms with Gasteiger partial charge < -0.3 is 10.8 Å². The zero-order valence-electron chi connectivity index (χ0n) is 23.9. The molecule has 0 saturated carbocycles. The zero-order chi connectivity index (χ0) is 24.5. The smallest absolute Gasteiger partial charge is 0.113 e. The molecule has 0 aliphatic rings. The molecular weight excluding hydrogens is 438 g/mol. The summed E-state index contributed by atoms with van der Waals surface area (Å²) in [7, 11) is 0. The highest BCUT2D eigenvalue weighted by Crippen LogP contribution is 2.26. The Labute approximate surface area is 222 Å². The van der Waals surface area contributed by atoms with Crippen LogP contribution in [-0.2, 0) is 0 Å². The van der Waals surface area contributed by atoms with Gasteiger partial charge in [0.15, 0.2) is 0 Å². The molecule has 1 unspecified atom stereocenters. The van der Waals surface area contributed by atoms with Gasteiger partial charge >= 0.3 is 0 Å². The molecule has 1 atom stereocenters. The van der Waals surface area contributed by atoms with Crippen molar-refractivity contribution in [3.63, 3.8) is 0 Å². The summed E-state index contributed by atoms with van der Waals surface area (Å²) in [6.07, 6.45) is 35.4. The first-order valence-corrected chi connectivity index (χ1v) is 15.5. The standard InChI is InChI=1S/C31H65NO.ClH/c1-4-6-8-10-12-14-16-18-20-22-24-26-28-30(31(3,32)33)29-27-25-23-21-19-17-15-13-11-9-7-5-2;/h30,33H,4-29,32H2,1-3H3;1H. The molecule has 0 aliphatic heterocycles. The molecule has 0 aromatic carbocycles. The van der Waals surface area contributed by atoms with Crippen molar-refractivity contribution in [2.24, 2.45) is 11.7 Å². The fourth-order valence-corrected chi connectivity index (χ4v) is 5.19. The second-order valence-corrected chi connectivity index (χ2v) is 11.3. The molecule has 0 rings (SSSR count). The second-order valence-electron chi connectivity index (χ2n) is 11.3. The van der Waals surface area contributed by atoms with Crippen molar-refractivity contribution >= 4 is 12.4 Å². The monoisotopic (exact) mass is 503 g/mol. The van der Waals surface area contributed by atoms with E-state index in [1.54, 1.807) is 0 Å². The van der Waals surface area contributed by atoms with Crippen molar-refractivity contribution in [2.75, 3.05) is 0 Å². The minimum Gasteiger partial charge on any atom is -0.376 e. The molecule has 0 amide bonds. The maximum absolute atomic E-state index is 10.4. The summed E-state index contributed by atoms with van der Waals surface area (Å²) >= 11 is 0. The molecule has 3 N–H and O–H groups in total. The van der Waals surface area contributed by atoms with Gasteiger partial charge in [-0.05, 0) is 19.8 Å². The van der Waals surface area contributed by atoms with Gasteiger partial charge in [0.05, 0.1) is 0 Å². The van der Waals surface area contributed by atoms with Crippen LogP contribution in [0.5, 0.6) is 0 Å². The molecule has 0 saturated heterocycles. The number of nitrogens with two attached hydrogens (primary N) is 1. The quantitative estimate of drug-likeness (QED) is 0.0863. The van der Waals surface area contributed by atoms with Gasteiger partial charge in [-0.25, -0.2) is 0 Å². The number of halogens is 1. The summed E-state index contributed by atoms with van der Waals surface area (Å²) in [6.45, 7) is 6.39. The van der Waals surface area contributed by atoms with E-state index < -0.39 is 5.72 Å². The zero-order valence-corrected chi connectivity index (χ0v) is 24.7. The van der Waals surface area contributed by atoms with Gasteiger partial charge in [0.2, 0.25) is 0 Å². The SMILES string of the molecule is CCCCCCCCCCCCCCC(CCCCCCCCCCCCCC)C(C)(N)O.Cl. The highest BCUT2D eigenvalue weighted by Gasteiger charge is 2.26. The van der Waals surface area contributed by atoms with Crippen LogP contribution in [-0.4, -0.2) is 10.8 Å². The van der Waals surface area contributed by atoms with Crippen LogP contribution in [0.3, 0.4) is 0 Å². The molecule has 3 heteroatoms. The van der Waals surface area contributed by atoms with E-state index >= 15 is 0 Å². The van der Waals surface area contributed by atoms with Crippen molar-refractivity contribution < 1.29 is 5.11 Å². The second kappa shape index (κ2) is 27.8. The third-order valence-corrected chi connectivity index (χ3v) is 7.64. The van der Waals surface area contributed by atoms with E-state index in [2.05, 4.69) is 13.8 Å². The Bertz CT molecular complexity index is 341. The first kappa shape index (κ1) is 36.4. The molecule has 0 aromatic rings. The first-order valence-electron chi connectivity index (χ1n) is 15.5.